The minimum Gasteiger partial charge on any atom is -0.408 e. The molecule has 0 amide bonds. The summed E-state index contributed by atoms with van der Waals surface area (Å²) in [5.74, 6) is -1.43. The molecule has 0 aliphatic rings. The van der Waals surface area contributed by atoms with Gasteiger partial charge in [0.05, 0.1) is 12.1 Å². The van der Waals surface area contributed by atoms with Crippen LogP contribution in [0.15, 0.2) is 57.9 Å². The number of carbonyl (C=O) groups is 1. The molecule has 0 radical (unpaired) electrons. The molecule has 0 fully saturated rings. The number of Topliss-reactive ketones (excluding diaryl/α,β-unsaturated/α-hetero) is 1. The van der Waals surface area contributed by atoms with Crippen molar-refractivity contribution < 1.29 is 13.6 Å². The second kappa shape index (κ2) is 4.95. The molecule has 114 valence electrons. The van der Waals surface area contributed by atoms with E-state index < -0.39 is 11.6 Å². The quantitative estimate of drug-likeness (QED) is 0.591. The lowest BCUT2D eigenvalue weighted by Crippen LogP contribution is -2.20. The third-order valence-electron chi connectivity index (χ3n) is 3.82. The van der Waals surface area contributed by atoms with Crippen LogP contribution < -0.4 is 5.76 Å². The van der Waals surface area contributed by atoms with Gasteiger partial charge in [0, 0.05) is 28.7 Å². The van der Waals surface area contributed by atoms with E-state index in [4.69, 9.17) is 4.42 Å². The van der Waals surface area contributed by atoms with E-state index in [1.165, 1.54) is 18.2 Å². The minimum atomic E-state index is -0.682. The molecule has 0 unspecified atom stereocenters. The molecule has 4 rings (SSSR count). The van der Waals surface area contributed by atoms with Crippen molar-refractivity contribution in [2.24, 2.45) is 0 Å². The monoisotopic (exact) mass is 310 g/mol. The Hall–Kier alpha value is -3.15. The number of halogens is 1. The van der Waals surface area contributed by atoms with Gasteiger partial charge in [-0.1, -0.05) is 18.2 Å². The summed E-state index contributed by atoms with van der Waals surface area (Å²) in [5.41, 5.74) is 1.84. The lowest BCUT2D eigenvalue weighted by molar-refractivity contribution is 0.0972. The van der Waals surface area contributed by atoms with Crippen LogP contribution in [0, 0.1) is 5.82 Å². The van der Waals surface area contributed by atoms with Gasteiger partial charge in [0.15, 0.2) is 11.4 Å². The first-order valence-corrected chi connectivity index (χ1v) is 7.02. The van der Waals surface area contributed by atoms with Crippen molar-refractivity contribution in [2.75, 3.05) is 0 Å². The first kappa shape index (κ1) is 13.5. The largest absolute Gasteiger partial charge is 0.420 e. The molecule has 0 aliphatic carbocycles. The Morgan fingerprint density at radius 2 is 2.04 bits per heavy atom. The van der Waals surface area contributed by atoms with Crippen LogP contribution in [0.3, 0.4) is 0 Å². The zero-order valence-corrected chi connectivity index (χ0v) is 11.9. The molecule has 4 aromatic rings. The van der Waals surface area contributed by atoms with Gasteiger partial charge in [0.2, 0.25) is 0 Å². The van der Waals surface area contributed by atoms with Crippen molar-refractivity contribution in [3.63, 3.8) is 0 Å². The SMILES string of the molecule is O=C(Cn1c(=O)oc2ccc(F)cc21)c1c[nH]c2ccccc12. The number of carbonyl (C=O) groups excluding carboxylic acids is 1. The Morgan fingerprint density at radius 3 is 2.91 bits per heavy atom. The number of rotatable bonds is 3. The average Bonchev–Trinajstić information content (AvgIpc) is 3.10. The second-order valence-electron chi connectivity index (χ2n) is 5.24. The van der Waals surface area contributed by atoms with Gasteiger partial charge >= 0.3 is 5.76 Å². The molecule has 23 heavy (non-hydrogen) atoms. The van der Waals surface area contributed by atoms with Crippen LogP contribution in [0.5, 0.6) is 0 Å². The van der Waals surface area contributed by atoms with Gasteiger partial charge in [0.25, 0.3) is 0 Å². The summed E-state index contributed by atoms with van der Waals surface area (Å²) in [6, 6.07) is 11.2. The van der Waals surface area contributed by atoms with Gasteiger partial charge in [-0.05, 0) is 18.2 Å². The number of aromatic amines is 1. The summed E-state index contributed by atoms with van der Waals surface area (Å²) < 4.78 is 19.6. The number of hydrogen-bond donors (Lipinski definition) is 1. The van der Waals surface area contributed by atoms with Crippen molar-refractivity contribution >= 4 is 27.8 Å². The van der Waals surface area contributed by atoms with E-state index in [-0.39, 0.29) is 23.4 Å². The summed E-state index contributed by atoms with van der Waals surface area (Å²) >= 11 is 0. The van der Waals surface area contributed by atoms with Gasteiger partial charge in [-0.2, -0.15) is 0 Å². The third-order valence-corrected chi connectivity index (χ3v) is 3.82. The van der Waals surface area contributed by atoms with Gasteiger partial charge in [-0.15, -0.1) is 0 Å². The molecule has 0 spiro atoms. The van der Waals surface area contributed by atoms with Crippen LogP contribution in [0.2, 0.25) is 0 Å². The van der Waals surface area contributed by atoms with Crippen LogP contribution in [-0.4, -0.2) is 15.3 Å². The molecule has 0 saturated carbocycles. The maximum absolute atomic E-state index is 13.4. The van der Waals surface area contributed by atoms with Crippen molar-refractivity contribution in [3.05, 3.63) is 70.6 Å². The average molecular weight is 310 g/mol. The fraction of sp³-hybridized carbons (Fsp3) is 0.0588. The number of ketones is 1. The number of para-hydroxylation sites is 1. The van der Waals surface area contributed by atoms with E-state index in [2.05, 4.69) is 4.98 Å². The molecule has 0 atom stereocenters. The van der Waals surface area contributed by atoms with E-state index in [9.17, 15) is 14.0 Å². The van der Waals surface area contributed by atoms with Crippen LogP contribution >= 0.6 is 0 Å². The Labute approximate surface area is 129 Å². The highest BCUT2D eigenvalue weighted by Gasteiger charge is 2.17. The van der Waals surface area contributed by atoms with Crippen molar-refractivity contribution in [1.82, 2.24) is 9.55 Å². The predicted octanol–water partition coefficient (Wildman–Crippen LogP) is 3.10. The summed E-state index contributed by atoms with van der Waals surface area (Å²) in [7, 11) is 0. The fourth-order valence-corrected chi connectivity index (χ4v) is 2.72. The third kappa shape index (κ3) is 2.15. The second-order valence-corrected chi connectivity index (χ2v) is 5.24. The van der Waals surface area contributed by atoms with Gasteiger partial charge in [-0.25, -0.2) is 9.18 Å². The zero-order chi connectivity index (χ0) is 16.0. The lowest BCUT2D eigenvalue weighted by atomic mass is 10.1. The van der Waals surface area contributed by atoms with E-state index in [0.29, 0.717) is 5.56 Å². The number of nitrogens with zero attached hydrogens (tertiary/aromatic N) is 1. The number of nitrogens with one attached hydrogen (secondary N) is 1. The summed E-state index contributed by atoms with van der Waals surface area (Å²) in [4.78, 5) is 27.5. The summed E-state index contributed by atoms with van der Waals surface area (Å²) in [6.45, 7) is -0.211. The molecule has 6 heteroatoms. The highest BCUT2D eigenvalue weighted by molar-refractivity contribution is 6.07. The highest BCUT2D eigenvalue weighted by atomic mass is 19.1. The molecule has 0 aliphatic heterocycles. The number of oxazole rings is 1. The van der Waals surface area contributed by atoms with Crippen molar-refractivity contribution in [1.29, 1.82) is 0 Å². The lowest BCUT2D eigenvalue weighted by Gasteiger charge is -2.01. The minimum absolute atomic E-state index is 0.211. The smallest absolute Gasteiger partial charge is 0.408 e. The molecule has 0 bridgehead atoms. The molecule has 2 aromatic carbocycles. The van der Waals surface area contributed by atoms with E-state index in [0.717, 1.165) is 15.5 Å². The molecule has 0 saturated heterocycles. The number of fused-ring (bicyclic) bond motifs is 2. The van der Waals surface area contributed by atoms with Gasteiger partial charge in [0.1, 0.15) is 5.82 Å². The molecule has 5 nitrogen and oxygen atoms in total. The maximum Gasteiger partial charge on any atom is 0.420 e. The van der Waals surface area contributed by atoms with Crippen molar-refractivity contribution in [3.8, 4) is 0 Å². The molecular formula is C17H11FN2O3. The number of hydrogen-bond acceptors (Lipinski definition) is 3. The molecule has 2 heterocycles. The fourth-order valence-electron chi connectivity index (χ4n) is 2.72. The van der Waals surface area contributed by atoms with E-state index >= 15 is 0 Å². The number of H-pyrrole nitrogens is 1. The van der Waals surface area contributed by atoms with Crippen LogP contribution in [0.1, 0.15) is 10.4 Å². The Morgan fingerprint density at radius 1 is 1.22 bits per heavy atom. The van der Waals surface area contributed by atoms with Crippen LogP contribution in [0.25, 0.3) is 22.0 Å². The number of benzene rings is 2. The van der Waals surface area contributed by atoms with Crippen molar-refractivity contribution in [2.45, 2.75) is 6.54 Å². The Balaban J connectivity index is 1.79. The first-order valence-electron chi connectivity index (χ1n) is 7.02. The number of aromatic nitrogens is 2. The molecule has 2 aromatic heterocycles. The van der Waals surface area contributed by atoms with Crippen LogP contribution in [-0.2, 0) is 6.54 Å². The summed E-state index contributed by atoms with van der Waals surface area (Å²) in [5, 5.41) is 0.782. The molecule has 1 N–H and O–H groups in total. The predicted molar refractivity (Wildman–Crippen MR) is 83.1 cm³/mol. The van der Waals surface area contributed by atoms with Gasteiger partial charge < -0.3 is 9.40 Å². The maximum atomic E-state index is 13.4. The zero-order valence-electron chi connectivity index (χ0n) is 11.9. The Kier molecular flexibility index (Phi) is 2.90. The first-order chi connectivity index (χ1) is 11.1. The highest BCUT2D eigenvalue weighted by Crippen LogP contribution is 2.20. The summed E-state index contributed by atoms with van der Waals surface area (Å²) in [6.07, 6.45) is 1.61. The topological polar surface area (TPSA) is 68.0 Å². The molecular weight excluding hydrogens is 299 g/mol. The van der Waals surface area contributed by atoms with E-state index in [1.807, 2.05) is 24.3 Å². The van der Waals surface area contributed by atoms with Gasteiger partial charge in [-0.3, -0.25) is 9.36 Å². The normalized spacial score (nSPS) is 11.3. The van der Waals surface area contributed by atoms with E-state index in [1.54, 1.807) is 6.20 Å². The Bertz CT molecular complexity index is 1100. The van der Waals surface area contributed by atoms with Crippen LogP contribution in [0.4, 0.5) is 4.39 Å². The standard InChI is InChI=1S/C17H11FN2O3/c18-10-5-6-16-14(7-10)20(17(22)23-16)9-15(21)12-8-19-13-4-2-1-3-11(12)13/h1-8,19H,9H2.